The first-order valence-electron chi connectivity index (χ1n) is 7.59. The molecule has 1 amide bonds. The fourth-order valence-corrected chi connectivity index (χ4v) is 3.54. The summed E-state index contributed by atoms with van der Waals surface area (Å²) in [6.07, 6.45) is 3.94. The summed E-state index contributed by atoms with van der Waals surface area (Å²) in [4.78, 5) is 17.5. The van der Waals surface area contributed by atoms with E-state index in [0.29, 0.717) is 6.54 Å². The summed E-state index contributed by atoms with van der Waals surface area (Å²) in [5.41, 5.74) is 2.06. The molecule has 0 unspecified atom stereocenters. The highest BCUT2D eigenvalue weighted by atomic mass is 32.1. The molecule has 5 heteroatoms. The van der Waals surface area contributed by atoms with Crippen molar-refractivity contribution in [1.82, 2.24) is 10.3 Å². The van der Waals surface area contributed by atoms with Crippen LogP contribution < -0.4 is 5.32 Å². The second kappa shape index (κ2) is 6.57. The van der Waals surface area contributed by atoms with Gasteiger partial charge in [-0.15, -0.1) is 11.3 Å². The minimum atomic E-state index is -0.218. The number of nitrogens with one attached hydrogen (secondary N) is 1. The van der Waals surface area contributed by atoms with Crippen molar-refractivity contribution in [3.8, 4) is 0 Å². The molecule has 1 aliphatic rings. The van der Waals surface area contributed by atoms with Gasteiger partial charge in [0, 0.05) is 17.2 Å². The number of carbonyl (C=O) groups is 1. The normalized spacial score (nSPS) is 14.6. The lowest BCUT2D eigenvalue weighted by atomic mass is 9.85. The molecule has 1 saturated carbocycles. The molecule has 22 heavy (non-hydrogen) atoms. The number of hydrogen-bond donors (Lipinski definition) is 1. The number of hydrogen-bond acceptors (Lipinski definition) is 3. The maximum absolute atomic E-state index is 12.9. The Labute approximate surface area is 133 Å². The number of benzene rings is 1. The molecule has 1 fully saturated rings. The van der Waals surface area contributed by atoms with Gasteiger partial charge in [-0.05, 0) is 37.5 Å². The predicted molar refractivity (Wildman–Crippen MR) is 85.2 cm³/mol. The van der Waals surface area contributed by atoms with E-state index in [9.17, 15) is 9.18 Å². The van der Waals surface area contributed by atoms with Gasteiger partial charge < -0.3 is 5.32 Å². The van der Waals surface area contributed by atoms with E-state index >= 15 is 0 Å². The third-order valence-corrected chi connectivity index (χ3v) is 5.26. The first kappa shape index (κ1) is 15.2. The van der Waals surface area contributed by atoms with Gasteiger partial charge in [0.2, 0.25) is 5.91 Å². The van der Waals surface area contributed by atoms with Gasteiger partial charge in [-0.1, -0.05) is 18.6 Å². The molecule has 2 aromatic rings. The second-order valence-corrected chi connectivity index (χ2v) is 6.93. The van der Waals surface area contributed by atoms with Crippen LogP contribution in [-0.4, -0.2) is 10.9 Å². The zero-order chi connectivity index (χ0) is 15.5. The lowest BCUT2D eigenvalue weighted by molar-refractivity contribution is -0.127. The smallest absolute Gasteiger partial charge is 0.223 e. The Morgan fingerprint density at radius 2 is 2.09 bits per heavy atom. The predicted octanol–water partition coefficient (Wildman–Crippen LogP) is 3.60. The van der Waals surface area contributed by atoms with Crippen LogP contribution in [0.25, 0.3) is 0 Å². The Morgan fingerprint density at radius 3 is 2.73 bits per heavy atom. The Hall–Kier alpha value is -1.75. The van der Waals surface area contributed by atoms with E-state index in [4.69, 9.17) is 0 Å². The molecule has 1 heterocycles. The molecule has 0 atom stereocenters. The average Bonchev–Trinajstić information content (AvgIpc) is 2.78. The molecule has 116 valence electrons. The number of halogens is 1. The fourth-order valence-electron chi connectivity index (χ4n) is 2.49. The molecule has 0 spiro atoms. The Kier molecular flexibility index (Phi) is 4.52. The molecular formula is C17H19FN2OS. The number of carbonyl (C=O) groups excluding carboxylic acids is 1. The van der Waals surface area contributed by atoms with Crippen LogP contribution in [0, 0.1) is 18.7 Å². The molecule has 3 rings (SSSR count). The summed E-state index contributed by atoms with van der Waals surface area (Å²) < 4.78 is 12.9. The van der Waals surface area contributed by atoms with E-state index < -0.39 is 0 Å². The van der Waals surface area contributed by atoms with Crippen LogP contribution in [-0.2, 0) is 17.8 Å². The number of nitrogens with zero attached hydrogens (tertiary/aromatic N) is 1. The largest absolute Gasteiger partial charge is 0.349 e. The van der Waals surface area contributed by atoms with Crippen LogP contribution in [0.4, 0.5) is 4.39 Å². The van der Waals surface area contributed by atoms with Crippen LogP contribution in [0.15, 0.2) is 24.3 Å². The van der Waals surface area contributed by atoms with Crippen molar-refractivity contribution in [1.29, 1.82) is 0 Å². The molecule has 1 N–H and O–H groups in total. The van der Waals surface area contributed by atoms with E-state index in [1.165, 1.54) is 17.0 Å². The van der Waals surface area contributed by atoms with Gasteiger partial charge in [0.05, 0.1) is 12.2 Å². The van der Waals surface area contributed by atoms with Gasteiger partial charge in [-0.3, -0.25) is 4.79 Å². The first-order chi connectivity index (χ1) is 10.6. The SMILES string of the molecule is Cc1nc(CNC(=O)C2CCC2)sc1Cc1ccc(F)cc1. The highest BCUT2D eigenvalue weighted by Crippen LogP contribution is 2.27. The number of rotatable bonds is 5. The molecule has 0 bridgehead atoms. The van der Waals surface area contributed by atoms with E-state index in [0.717, 1.165) is 41.9 Å². The van der Waals surface area contributed by atoms with Crippen molar-refractivity contribution in [2.24, 2.45) is 5.92 Å². The monoisotopic (exact) mass is 318 g/mol. The summed E-state index contributed by atoms with van der Waals surface area (Å²) in [5, 5.41) is 3.90. The zero-order valence-corrected chi connectivity index (χ0v) is 13.4. The molecule has 0 radical (unpaired) electrons. The lowest BCUT2D eigenvalue weighted by Gasteiger charge is -2.23. The lowest BCUT2D eigenvalue weighted by Crippen LogP contribution is -2.33. The summed E-state index contributed by atoms with van der Waals surface area (Å²) in [6.45, 7) is 2.48. The standard InChI is InChI=1S/C17H19FN2OS/c1-11-15(9-12-5-7-14(18)8-6-12)22-16(20-11)10-19-17(21)13-3-2-4-13/h5-8,13H,2-4,9-10H2,1H3,(H,19,21). The van der Waals surface area contributed by atoms with Crippen LogP contribution in [0.3, 0.4) is 0 Å². The van der Waals surface area contributed by atoms with Gasteiger partial charge in [0.1, 0.15) is 10.8 Å². The quantitative estimate of drug-likeness (QED) is 0.915. The Morgan fingerprint density at radius 1 is 1.36 bits per heavy atom. The summed E-state index contributed by atoms with van der Waals surface area (Å²) >= 11 is 1.62. The number of aryl methyl sites for hydroxylation is 1. The number of thiazole rings is 1. The average molecular weight is 318 g/mol. The summed E-state index contributed by atoms with van der Waals surface area (Å²) in [5.74, 6) is 0.142. The van der Waals surface area contributed by atoms with Crippen LogP contribution >= 0.6 is 11.3 Å². The Balaban J connectivity index is 1.60. The van der Waals surface area contributed by atoms with Gasteiger partial charge in [-0.2, -0.15) is 0 Å². The summed E-state index contributed by atoms with van der Waals surface area (Å²) in [6, 6.07) is 6.55. The van der Waals surface area contributed by atoms with Crippen LogP contribution in [0.5, 0.6) is 0 Å². The molecular weight excluding hydrogens is 299 g/mol. The van der Waals surface area contributed by atoms with Crippen LogP contribution in [0.1, 0.15) is 40.4 Å². The molecule has 0 aliphatic heterocycles. The second-order valence-electron chi connectivity index (χ2n) is 5.77. The maximum atomic E-state index is 12.9. The van der Waals surface area contributed by atoms with Crippen molar-refractivity contribution < 1.29 is 9.18 Å². The summed E-state index contributed by atoms with van der Waals surface area (Å²) in [7, 11) is 0. The Bertz CT molecular complexity index is 662. The minimum absolute atomic E-state index is 0.152. The van der Waals surface area contributed by atoms with Crippen molar-refractivity contribution in [2.75, 3.05) is 0 Å². The first-order valence-corrected chi connectivity index (χ1v) is 8.41. The van der Waals surface area contributed by atoms with E-state index in [2.05, 4.69) is 10.3 Å². The van der Waals surface area contributed by atoms with E-state index in [1.807, 2.05) is 6.92 Å². The van der Waals surface area contributed by atoms with Crippen molar-refractivity contribution in [3.05, 3.63) is 51.2 Å². The molecule has 3 nitrogen and oxygen atoms in total. The molecule has 1 aromatic heterocycles. The topological polar surface area (TPSA) is 42.0 Å². The van der Waals surface area contributed by atoms with E-state index in [-0.39, 0.29) is 17.6 Å². The maximum Gasteiger partial charge on any atom is 0.223 e. The fraction of sp³-hybridized carbons (Fsp3) is 0.412. The highest BCUT2D eigenvalue weighted by Gasteiger charge is 2.25. The molecule has 1 aliphatic carbocycles. The van der Waals surface area contributed by atoms with Gasteiger partial charge in [0.25, 0.3) is 0 Å². The third-order valence-electron chi connectivity index (χ3n) is 4.10. The number of aromatic nitrogens is 1. The number of amides is 1. The van der Waals surface area contributed by atoms with Crippen molar-refractivity contribution >= 4 is 17.2 Å². The van der Waals surface area contributed by atoms with Gasteiger partial charge in [-0.25, -0.2) is 9.37 Å². The van der Waals surface area contributed by atoms with Gasteiger partial charge in [0.15, 0.2) is 0 Å². The van der Waals surface area contributed by atoms with Crippen molar-refractivity contribution in [2.45, 2.75) is 39.2 Å². The van der Waals surface area contributed by atoms with Crippen molar-refractivity contribution in [3.63, 3.8) is 0 Å². The minimum Gasteiger partial charge on any atom is -0.349 e. The zero-order valence-electron chi connectivity index (χ0n) is 12.6. The third kappa shape index (κ3) is 3.53. The van der Waals surface area contributed by atoms with E-state index in [1.54, 1.807) is 23.5 Å². The molecule has 0 saturated heterocycles. The molecule has 1 aromatic carbocycles. The van der Waals surface area contributed by atoms with Crippen LogP contribution in [0.2, 0.25) is 0 Å². The van der Waals surface area contributed by atoms with Gasteiger partial charge >= 0.3 is 0 Å². The highest BCUT2D eigenvalue weighted by molar-refractivity contribution is 7.11.